The summed E-state index contributed by atoms with van der Waals surface area (Å²) in [4.78, 5) is 15.7. The normalized spacial score (nSPS) is 17.5. The van der Waals surface area contributed by atoms with E-state index in [2.05, 4.69) is 160 Å². The first-order valence-electron chi connectivity index (χ1n) is 17.9. The summed E-state index contributed by atoms with van der Waals surface area (Å²) >= 11 is 0. The maximum absolute atomic E-state index is 10.9. The fraction of sp³-hybridized carbons (Fsp3) is 0.364. The Morgan fingerprint density at radius 3 is 2.41 bits per heavy atom. The molecule has 0 amide bonds. The van der Waals surface area contributed by atoms with E-state index in [1.807, 2.05) is 0 Å². The van der Waals surface area contributed by atoms with Crippen molar-refractivity contribution in [3.63, 3.8) is 0 Å². The van der Waals surface area contributed by atoms with E-state index in [1.54, 1.807) is 0 Å². The molecule has 0 atom stereocenters. The van der Waals surface area contributed by atoms with Gasteiger partial charge in [0, 0.05) is 54.0 Å². The molecule has 0 unspecified atom stereocenters. The fourth-order valence-electron chi connectivity index (χ4n) is 8.24. The minimum absolute atomic E-state index is 0.101. The smallest absolute Gasteiger partial charge is 0.303 e. The average Bonchev–Trinajstić information content (AvgIpc) is 3.40. The van der Waals surface area contributed by atoms with E-state index >= 15 is 0 Å². The Morgan fingerprint density at radius 1 is 0.878 bits per heavy atom. The molecule has 0 spiro atoms. The lowest BCUT2D eigenvalue weighted by Gasteiger charge is -2.27. The Labute approximate surface area is 292 Å². The molecule has 0 saturated heterocycles. The molecule has 2 heterocycles. The van der Waals surface area contributed by atoms with E-state index in [0.29, 0.717) is 6.42 Å². The van der Waals surface area contributed by atoms with Crippen molar-refractivity contribution in [2.45, 2.75) is 77.7 Å². The van der Waals surface area contributed by atoms with E-state index < -0.39 is 5.97 Å². The number of hydrogen-bond donors (Lipinski definition) is 1. The van der Waals surface area contributed by atoms with Crippen LogP contribution < -0.4 is 4.90 Å². The molecule has 0 aromatic heterocycles. The van der Waals surface area contributed by atoms with Crippen LogP contribution in [0.5, 0.6) is 0 Å². The lowest BCUT2D eigenvalue weighted by atomic mass is 9.79. The number of unbranched alkanes of at least 4 members (excludes halogenated alkanes) is 1. The molecule has 4 aromatic carbocycles. The summed E-state index contributed by atoms with van der Waals surface area (Å²) in [6, 6.07) is 24.7. The molecule has 0 saturated carbocycles. The van der Waals surface area contributed by atoms with Gasteiger partial charge >= 0.3 is 5.97 Å². The summed E-state index contributed by atoms with van der Waals surface area (Å²) in [6.45, 7) is 14.2. The number of aliphatic carboxylic acids is 1. The quantitative estimate of drug-likeness (QED) is 0.122. The van der Waals surface area contributed by atoms with Gasteiger partial charge in [0.15, 0.2) is 5.71 Å². The van der Waals surface area contributed by atoms with Crippen LogP contribution in [0.3, 0.4) is 0 Å². The molecule has 0 fully saturated rings. The first kappa shape index (κ1) is 34.4. The maximum Gasteiger partial charge on any atom is 0.303 e. The zero-order chi connectivity index (χ0) is 34.9. The lowest BCUT2D eigenvalue weighted by Crippen LogP contribution is -2.27. The molecular formula is C44H52N3O2+. The van der Waals surface area contributed by atoms with Gasteiger partial charge in [0.1, 0.15) is 7.05 Å². The average molecular weight is 655 g/mol. The van der Waals surface area contributed by atoms with Crippen molar-refractivity contribution in [1.29, 1.82) is 0 Å². The summed E-state index contributed by atoms with van der Waals surface area (Å²) in [5.74, 6) is -0.732. The monoisotopic (exact) mass is 654 g/mol. The number of benzene rings is 4. The Morgan fingerprint density at radius 2 is 1.63 bits per heavy atom. The van der Waals surface area contributed by atoms with E-state index in [1.165, 1.54) is 61.0 Å². The standard InChI is InChI=1S/C44H51N3O2/c1-8-9-28-47-37-26-23-33-29-31(30-45(6)27-15-20-40(48)49)21-24-35(33)42(37)44(4,5)39(47)19-12-10-11-18-38-43(2,3)41-34-17-14-13-16-32(34)22-25-36(41)46(38)7/h10-14,16-19,21-26,29H,8-9,15,20,27-28,30H2,1-7H3/p+1. The van der Waals surface area contributed by atoms with Crippen LogP contribution in [0.4, 0.5) is 11.4 Å². The number of carboxylic acids is 1. The van der Waals surface area contributed by atoms with Crippen LogP contribution >= 0.6 is 0 Å². The summed E-state index contributed by atoms with van der Waals surface area (Å²) in [5, 5.41) is 14.2. The Hall–Kier alpha value is -4.48. The number of hydrogen-bond acceptors (Lipinski definition) is 3. The van der Waals surface area contributed by atoms with Gasteiger partial charge in [0.2, 0.25) is 5.69 Å². The van der Waals surface area contributed by atoms with Crippen molar-refractivity contribution in [3.8, 4) is 0 Å². The molecule has 5 heteroatoms. The summed E-state index contributed by atoms with van der Waals surface area (Å²) in [5.41, 5.74) is 9.02. The molecule has 1 N–H and O–H groups in total. The predicted octanol–water partition coefficient (Wildman–Crippen LogP) is 9.89. The summed E-state index contributed by atoms with van der Waals surface area (Å²) in [7, 11) is 4.25. The van der Waals surface area contributed by atoms with Crippen molar-refractivity contribution in [2.75, 3.05) is 32.1 Å². The van der Waals surface area contributed by atoms with E-state index in [-0.39, 0.29) is 17.3 Å². The molecule has 0 aliphatic carbocycles. The van der Waals surface area contributed by atoms with Gasteiger partial charge in [-0.15, -0.1) is 0 Å². The van der Waals surface area contributed by atoms with Crippen LogP contribution in [-0.2, 0) is 22.2 Å². The molecule has 49 heavy (non-hydrogen) atoms. The minimum Gasteiger partial charge on any atom is -0.481 e. The summed E-state index contributed by atoms with van der Waals surface area (Å²) < 4.78 is 2.35. The zero-order valence-corrected chi connectivity index (χ0v) is 30.4. The second-order valence-electron chi connectivity index (χ2n) is 14.9. The van der Waals surface area contributed by atoms with Crippen molar-refractivity contribution in [3.05, 3.63) is 119 Å². The lowest BCUT2D eigenvalue weighted by molar-refractivity contribution is -0.401. The molecule has 5 nitrogen and oxygen atoms in total. The van der Waals surface area contributed by atoms with Gasteiger partial charge in [-0.05, 0) is 97.2 Å². The number of carbonyl (C=O) groups is 1. The van der Waals surface area contributed by atoms with Crippen LogP contribution in [0.25, 0.3) is 21.5 Å². The van der Waals surface area contributed by atoms with Crippen LogP contribution in [-0.4, -0.2) is 53.4 Å². The second kappa shape index (κ2) is 13.8. The summed E-state index contributed by atoms with van der Waals surface area (Å²) in [6.07, 6.45) is 14.3. The third-order valence-corrected chi connectivity index (χ3v) is 10.7. The largest absolute Gasteiger partial charge is 0.481 e. The topological polar surface area (TPSA) is 46.8 Å². The fourth-order valence-corrected chi connectivity index (χ4v) is 8.24. The van der Waals surface area contributed by atoms with E-state index in [4.69, 9.17) is 5.11 Å². The van der Waals surface area contributed by atoms with Gasteiger partial charge in [-0.3, -0.25) is 4.79 Å². The highest BCUT2D eigenvalue weighted by Gasteiger charge is 2.44. The third kappa shape index (κ3) is 6.49. The minimum atomic E-state index is -0.732. The van der Waals surface area contributed by atoms with Crippen molar-refractivity contribution in [2.24, 2.45) is 0 Å². The molecule has 0 radical (unpaired) electrons. The molecule has 6 rings (SSSR count). The number of allylic oxidation sites excluding steroid dienone is 6. The number of rotatable bonds is 12. The molecule has 4 aromatic rings. The molecule has 2 aliphatic rings. The SMILES string of the molecule is CCCCN1C(=CC=CC=CC2=[N+](C)c3ccc4ccccc4c3C2(C)C)C(C)(C)c2c1ccc1cc(CN(C)CCCC(=O)O)ccc21. The van der Waals surface area contributed by atoms with Gasteiger partial charge < -0.3 is 14.9 Å². The van der Waals surface area contributed by atoms with E-state index in [9.17, 15) is 4.79 Å². The van der Waals surface area contributed by atoms with Crippen molar-refractivity contribution in [1.82, 2.24) is 4.90 Å². The number of anilines is 1. The molecular weight excluding hydrogens is 603 g/mol. The van der Waals surface area contributed by atoms with Crippen LogP contribution in [0.1, 0.15) is 77.0 Å². The van der Waals surface area contributed by atoms with Gasteiger partial charge in [0.25, 0.3) is 0 Å². The van der Waals surface area contributed by atoms with Crippen molar-refractivity contribution < 1.29 is 14.5 Å². The highest BCUT2D eigenvalue weighted by molar-refractivity contribution is 6.07. The highest BCUT2D eigenvalue weighted by atomic mass is 16.4. The predicted molar refractivity (Wildman–Crippen MR) is 207 cm³/mol. The number of nitrogens with zero attached hydrogens (tertiary/aromatic N) is 3. The van der Waals surface area contributed by atoms with Gasteiger partial charge in [-0.2, -0.15) is 4.58 Å². The first-order valence-corrected chi connectivity index (χ1v) is 17.9. The zero-order valence-electron chi connectivity index (χ0n) is 30.4. The van der Waals surface area contributed by atoms with E-state index in [0.717, 1.165) is 32.5 Å². The van der Waals surface area contributed by atoms with Crippen molar-refractivity contribution >= 4 is 44.6 Å². The van der Waals surface area contributed by atoms with Gasteiger partial charge in [-0.25, -0.2) is 0 Å². The number of fused-ring (bicyclic) bond motifs is 6. The number of carboxylic acid groups (broad SMARTS) is 1. The molecule has 254 valence electrons. The second-order valence-corrected chi connectivity index (χ2v) is 14.9. The molecule has 0 bridgehead atoms. The third-order valence-electron chi connectivity index (χ3n) is 10.7. The van der Waals surface area contributed by atoms with Crippen LogP contribution in [0.15, 0.2) is 103 Å². The maximum atomic E-state index is 10.9. The Kier molecular flexibility index (Phi) is 9.68. The Bertz CT molecular complexity index is 2030. The van der Waals surface area contributed by atoms with Gasteiger partial charge in [-0.1, -0.05) is 87.9 Å². The van der Waals surface area contributed by atoms with Crippen LogP contribution in [0.2, 0.25) is 0 Å². The first-order chi connectivity index (χ1) is 23.4. The Balaban J connectivity index is 1.26. The van der Waals surface area contributed by atoms with Crippen LogP contribution in [0, 0.1) is 0 Å². The van der Waals surface area contributed by atoms with Gasteiger partial charge in [0.05, 0.1) is 5.41 Å². The molecule has 2 aliphatic heterocycles. The highest BCUT2D eigenvalue weighted by Crippen LogP contribution is 2.51.